The molecule has 0 bridgehead atoms. The number of pyridine rings is 3. The monoisotopic (exact) mass is 460 g/mol. The Bertz CT molecular complexity index is 1690. The van der Waals surface area contributed by atoms with Gasteiger partial charge in [-0.05, 0) is 35.9 Å². The molecule has 0 unspecified atom stereocenters. The van der Waals surface area contributed by atoms with Gasteiger partial charge < -0.3 is 10.3 Å². The SMILES string of the molecule is CCC(=O)Nc1cncc(-c2cc3c(-c4nc5c(-c6ccncc6)cccc5[nH]4)n[nH]c3cn2)c1. The third-order valence-electron chi connectivity index (χ3n) is 5.81. The summed E-state index contributed by atoms with van der Waals surface area (Å²) in [5.41, 5.74) is 7.48. The molecular formula is C26H20N8O. The third kappa shape index (κ3) is 3.78. The van der Waals surface area contributed by atoms with Gasteiger partial charge in [0.2, 0.25) is 5.91 Å². The smallest absolute Gasteiger partial charge is 0.224 e. The van der Waals surface area contributed by atoms with Crippen LogP contribution < -0.4 is 5.32 Å². The number of aromatic amines is 2. The zero-order chi connectivity index (χ0) is 23.8. The Morgan fingerprint density at radius 2 is 1.86 bits per heavy atom. The molecule has 1 aromatic carbocycles. The molecular weight excluding hydrogens is 440 g/mol. The summed E-state index contributed by atoms with van der Waals surface area (Å²) < 4.78 is 0. The van der Waals surface area contributed by atoms with E-state index in [-0.39, 0.29) is 5.91 Å². The van der Waals surface area contributed by atoms with E-state index in [1.807, 2.05) is 42.5 Å². The lowest BCUT2D eigenvalue weighted by Crippen LogP contribution is -2.09. The molecule has 0 radical (unpaired) electrons. The number of nitrogens with zero attached hydrogens (tertiary/aromatic N) is 5. The lowest BCUT2D eigenvalue weighted by Gasteiger charge is -2.06. The second-order valence-electron chi connectivity index (χ2n) is 8.07. The lowest BCUT2D eigenvalue weighted by molar-refractivity contribution is -0.115. The highest BCUT2D eigenvalue weighted by atomic mass is 16.1. The number of benzene rings is 1. The first-order chi connectivity index (χ1) is 17.2. The van der Waals surface area contributed by atoms with Gasteiger partial charge in [-0.3, -0.25) is 24.8 Å². The Morgan fingerprint density at radius 3 is 2.71 bits per heavy atom. The van der Waals surface area contributed by atoms with Crippen LogP contribution in [0.25, 0.3) is 55.8 Å². The Morgan fingerprint density at radius 1 is 0.971 bits per heavy atom. The Balaban J connectivity index is 1.43. The van der Waals surface area contributed by atoms with Crippen LogP contribution in [-0.4, -0.2) is 41.0 Å². The van der Waals surface area contributed by atoms with Crippen molar-refractivity contribution >= 4 is 33.5 Å². The molecule has 1 amide bonds. The van der Waals surface area contributed by atoms with Crippen LogP contribution in [0.2, 0.25) is 0 Å². The van der Waals surface area contributed by atoms with E-state index in [9.17, 15) is 4.79 Å². The van der Waals surface area contributed by atoms with Gasteiger partial charge in [-0.1, -0.05) is 19.1 Å². The first kappa shape index (κ1) is 20.7. The number of para-hydroxylation sites is 1. The number of aromatic nitrogens is 7. The topological polar surface area (TPSA) is 125 Å². The normalized spacial score (nSPS) is 11.2. The molecule has 0 atom stereocenters. The molecule has 170 valence electrons. The highest BCUT2D eigenvalue weighted by Crippen LogP contribution is 2.32. The van der Waals surface area contributed by atoms with Crippen molar-refractivity contribution in [2.24, 2.45) is 0 Å². The van der Waals surface area contributed by atoms with Crippen molar-refractivity contribution in [3.63, 3.8) is 0 Å². The van der Waals surface area contributed by atoms with Crippen molar-refractivity contribution in [2.45, 2.75) is 13.3 Å². The molecule has 5 heterocycles. The van der Waals surface area contributed by atoms with Crippen LogP contribution in [0.3, 0.4) is 0 Å². The van der Waals surface area contributed by atoms with Gasteiger partial charge in [-0.2, -0.15) is 5.10 Å². The van der Waals surface area contributed by atoms with Gasteiger partial charge in [0, 0.05) is 41.5 Å². The molecule has 5 aromatic heterocycles. The number of fused-ring (bicyclic) bond motifs is 2. The van der Waals surface area contributed by atoms with Gasteiger partial charge >= 0.3 is 0 Å². The molecule has 6 aromatic rings. The van der Waals surface area contributed by atoms with Crippen molar-refractivity contribution in [3.05, 3.63) is 73.4 Å². The van der Waals surface area contributed by atoms with E-state index in [4.69, 9.17) is 4.98 Å². The third-order valence-corrected chi connectivity index (χ3v) is 5.81. The number of carbonyl (C=O) groups excluding carboxylic acids is 1. The highest BCUT2D eigenvalue weighted by molar-refractivity contribution is 5.98. The van der Waals surface area contributed by atoms with Crippen molar-refractivity contribution in [1.82, 2.24) is 35.1 Å². The number of nitrogens with one attached hydrogen (secondary N) is 3. The maximum atomic E-state index is 11.8. The minimum Gasteiger partial charge on any atom is -0.337 e. The van der Waals surface area contributed by atoms with Crippen LogP contribution in [-0.2, 0) is 4.79 Å². The van der Waals surface area contributed by atoms with Gasteiger partial charge in [0.15, 0.2) is 5.82 Å². The summed E-state index contributed by atoms with van der Waals surface area (Å²) in [5.74, 6) is 0.590. The maximum Gasteiger partial charge on any atom is 0.224 e. The number of anilines is 1. The fourth-order valence-corrected chi connectivity index (χ4v) is 4.06. The molecule has 9 heteroatoms. The Hall–Kier alpha value is -4.92. The number of hydrogen-bond acceptors (Lipinski definition) is 6. The minimum atomic E-state index is -0.0690. The van der Waals surface area contributed by atoms with Crippen molar-refractivity contribution in [1.29, 1.82) is 0 Å². The minimum absolute atomic E-state index is 0.0690. The van der Waals surface area contributed by atoms with Gasteiger partial charge in [0.1, 0.15) is 5.69 Å². The van der Waals surface area contributed by atoms with Crippen LogP contribution in [0.4, 0.5) is 5.69 Å². The number of carbonyl (C=O) groups is 1. The van der Waals surface area contributed by atoms with Gasteiger partial charge in [0.25, 0.3) is 0 Å². The van der Waals surface area contributed by atoms with Crippen LogP contribution in [0, 0.1) is 0 Å². The molecule has 6 rings (SSSR count). The maximum absolute atomic E-state index is 11.8. The number of imidazole rings is 1. The summed E-state index contributed by atoms with van der Waals surface area (Å²) in [4.78, 5) is 33.0. The van der Waals surface area contributed by atoms with E-state index in [1.54, 1.807) is 37.9 Å². The average Bonchev–Trinajstić information content (AvgIpc) is 3.53. The average molecular weight is 461 g/mol. The second kappa shape index (κ2) is 8.45. The van der Waals surface area contributed by atoms with Gasteiger partial charge in [-0.15, -0.1) is 0 Å². The quantitative estimate of drug-likeness (QED) is 0.333. The predicted molar refractivity (Wildman–Crippen MR) is 134 cm³/mol. The van der Waals surface area contributed by atoms with Crippen molar-refractivity contribution in [3.8, 4) is 33.9 Å². The molecule has 9 nitrogen and oxygen atoms in total. The van der Waals surface area contributed by atoms with Crippen LogP contribution in [0.1, 0.15) is 13.3 Å². The summed E-state index contributed by atoms with van der Waals surface area (Å²) in [5, 5.41) is 11.3. The first-order valence-corrected chi connectivity index (χ1v) is 11.2. The molecule has 0 saturated carbocycles. The van der Waals surface area contributed by atoms with E-state index < -0.39 is 0 Å². The predicted octanol–water partition coefficient (Wildman–Crippen LogP) is 4.97. The highest BCUT2D eigenvalue weighted by Gasteiger charge is 2.16. The summed E-state index contributed by atoms with van der Waals surface area (Å²) in [6, 6.07) is 13.8. The molecule has 0 aliphatic carbocycles. The molecule has 0 saturated heterocycles. The van der Waals surface area contributed by atoms with Crippen LogP contribution in [0.15, 0.2) is 73.4 Å². The number of hydrogen-bond donors (Lipinski definition) is 3. The summed E-state index contributed by atoms with van der Waals surface area (Å²) in [6.07, 6.45) is 9.02. The van der Waals surface area contributed by atoms with Crippen LogP contribution >= 0.6 is 0 Å². The Kier molecular flexibility index (Phi) is 4.99. The molecule has 35 heavy (non-hydrogen) atoms. The Labute approximate surface area is 199 Å². The summed E-state index contributed by atoms with van der Waals surface area (Å²) in [6.45, 7) is 1.81. The number of amides is 1. The first-order valence-electron chi connectivity index (χ1n) is 11.2. The fraction of sp³-hybridized carbons (Fsp3) is 0.0769. The zero-order valence-corrected chi connectivity index (χ0v) is 18.8. The summed E-state index contributed by atoms with van der Waals surface area (Å²) >= 11 is 0. The summed E-state index contributed by atoms with van der Waals surface area (Å²) in [7, 11) is 0. The molecule has 0 aliphatic heterocycles. The van der Waals surface area contributed by atoms with E-state index in [1.165, 1.54) is 0 Å². The van der Waals surface area contributed by atoms with E-state index in [0.29, 0.717) is 29.3 Å². The molecule has 0 spiro atoms. The van der Waals surface area contributed by atoms with Crippen LogP contribution in [0.5, 0.6) is 0 Å². The van der Waals surface area contributed by atoms with E-state index in [2.05, 4.69) is 35.5 Å². The largest absolute Gasteiger partial charge is 0.337 e. The van der Waals surface area contributed by atoms with E-state index >= 15 is 0 Å². The number of rotatable bonds is 5. The number of H-pyrrole nitrogens is 2. The van der Waals surface area contributed by atoms with E-state index in [0.717, 1.165) is 38.6 Å². The zero-order valence-electron chi connectivity index (χ0n) is 18.8. The van der Waals surface area contributed by atoms with Gasteiger partial charge in [0.05, 0.1) is 40.3 Å². The second-order valence-corrected chi connectivity index (χ2v) is 8.07. The molecule has 0 aliphatic rings. The standard InChI is InChI=1S/C26H20N8O/c1-2-23(35)30-17-10-16(12-28-13-17)21-11-19-22(14-29-21)33-34-25(19)26-31-20-5-3-4-18(24(20)32-26)15-6-8-27-9-7-15/h3-14H,2H2,1H3,(H,30,35)(H,31,32)(H,33,34). The molecule has 3 N–H and O–H groups in total. The van der Waals surface area contributed by atoms with Crippen molar-refractivity contribution in [2.75, 3.05) is 5.32 Å². The lowest BCUT2D eigenvalue weighted by atomic mass is 10.1. The van der Waals surface area contributed by atoms with Gasteiger partial charge in [-0.25, -0.2) is 4.98 Å². The fourth-order valence-electron chi connectivity index (χ4n) is 4.06. The molecule has 0 fully saturated rings. The van der Waals surface area contributed by atoms with Crippen molar-refractivity contribution < 1.29 is 4.79 Å².